The minimum atomic E-state index is -3.94. The third-order valence-corrected chi connectivity index (χ3v) is 4.88. The lowest BCUT2D eigenvalue weighted by atomic mass is 10.2. The molecule has 3 aromatic rings. The van der Waals surface area contributed by atoms with E-state index in [9.17, 15) is 17.6 Å². The van der Waals surface area contributed by atoms with Crippen molar-refractivity contribution in [2.75, 3.05) is 10.0 Å². The molecule has 3 rings (SSSR count). The second-order valence-electron chi connectivity index (χ2n) is 5.44. The summed E-state index contributed by atoms with van der Waals surface area (Å²) in [4.78, 5) is 12.0. The highest BCUT2D eigenvalue weighted by Gasteiger charge is 2.16. The van der Waals surface area contributed by atoms with Crippen molar-refractivity contribution in [3.63, 3.8) is 0 Å². The highest BCUT2D eigenvalue weighted by molar-refractivity contribution is 7.92. The summed E-state index contributed by atoms with van der Waals surface area (Å²) in [7, 11) is -3.94. The molecule has 0 aliphatic heterocycles. The van der Waals surface area contributed by atoms with Gasteiger partial charge >= 0.3 is 0 Å². The van der Waals surface area contributed by atoms with Gasteiger partial charge in [-0.2, -0.15) is 0 Å². The van der Waals surface area contributed by atoms with Crippen LogP contribution in [0.5, 0.6) is 0 Å². The molecule has 0 unspecified atom stereocenters. The number of anilines is 2. The Hall–Kier alpha value is -3.39. The van der Waals surface area contributed by atoms with Crippen LogP contribution < -0.4 is 10.0 Å². The van der Waals surface area contributed by atoms with Crippen LogP contribution in [0.3, 0.4) is 0 Å². The fourth-order valence-electron chi connectivity index (χ4n) is 2.22. The first-order chi connectivity index (χ1) is 12.9. The third kappa shape index (κ3) is 4.83. The van der Waals surface area contributed by atoms with Gasteiger partial charge in [-0.05, 0) is 54.6 Å². The number of para-hydroxylation sites is 2. The predicted molar refractivity (Wildman–Crippen MR) is 100 cm³/mol. The fourth-order valence-corrected chi connectivity index (χ4v) is 3.30. The minimum Gasteiger partial charge on any atom is -0.465 e. The molecule has 0 radical (unpaired) electrons. The molecule has 0 atom stereocenters. The first kappa shape index (κ1) is 18.4. The van der Waals surface area contributed by atoms with E-state index in [1.807, 2.05) is 0 Å². The van der Waals surface area contributed by atoms with Crippen LogP contribution in [0.25, 0.3) is 6.08 Å². The van der Waals surface area contributed by atoms with Gasteiger partial charge in [0, 0.05) is 6.08 Å². The van der Waals surface area contributed by atoms with E-state index in [1.165, 1.54) is 24.5 Å². The average Bonchev–Trinajstić information content (AvgIpc) is 3.15. The molecular formula is C19H15FN2O4S. The van der Waals surface area contributed by atoms with Crippen molar-refractivity contribution < 1.29 is 22.0 Å². The zero-order valence-electron chi connectivity index (χ0n) is 13.9. The van der Waals surface area contributed by atoms with Crippen molar-refractivity contribution in [3.05, 3.63) is 84.6 Å². The molecule has 2 aromatic carbocycles. The third-order valence-electron chi connectivity index (χ3n) is 3.50. The Balaban J connectivity index is 1.77. The normalized spacial score (nSPS) is 11.4. The van der Waals surface area contributed by atoms with Crippen molar-refractivity contribution in [2.45, 2.75) is 4.90 Å². The van der Waals surface area contributed by atoms with Crippen LogP contribution in [0.15, 0.2) is 82.3 Å². The van der Waals surface area contributed by atoms with Gasteiger partial charge in [0.25, 0.3) is 10.0 Å². The molecule has 0 aliphatic rings. The zero-order valence-corrected chi connectivity index (χ0v) is 14.7. The lowest BCUT2D eigenvalue weighted by Gasteiger charge is -2.12. The second kappa shape index (κ2) is 7.88. The van der Waals surface area contributed by atoms with Gasteiger partial charge in [-0.25, -0.2) is 12.8 Å². The Morgan fingerprint density at radius 3 is 2.33 bits per heavy atom. The highest BCUT2D eigenvalue weighted by atomic mass is 32.2. The molecule has 1 aromatic heterocycles. The van der Waals surface area contributed by atoms with Crippen LogP contribution >= 0.6 is 0 Å². The van der Waals surface area contributed by atoms with E-state index in [-0.39, 0.29) is 16.3 Å². The van der Waals surface area contributed by atoms with Gasteiger partial charge in [0.2, 0.25) is 5.91 Å². The van der Waals surface area contributed by atoms with Crippen LogP contribution in [0.4, 0.5) is 15.8 Å². The largest absolute Gasteiger partial charge is 0.465 e. The maximum atomic E-state index is 13.0. The van der Waals surface area contributed by atoms with Crippen LogP contribution in [0, 0.1) is 5.82 Å². The first-order valence-electron chi connectivity index (χ1n) is 7.84. The summed E-state index contributed by atoms with van der Waals surface area (Å²) < 4.78 is 45.4. The summed E-state index contributed by atoms with van der Waals surface area (Å²) >= 11 is 0. The van der Waals surface area contributed by atoms with Gasteiger partial charge in [0.15, 0.2) is 0 Å². The van der Waals surface area contributed by atoms with E-state index in [4.69, 9.17) is 4.42 Å². The van der Waals surface area contributed by atoms with E-state index >= 15 is 0 Å². The maximum Gasteiger partial charge on any atom is 0.261 e. The lowest BCUT2D eigenvalue weighted by molar-refractivity contribution is -0.111. The number of rotatable bonds is 6. The fraction of sp³-hybridized carbons (Fsp3) is 0. The number of hydrogen-bond acceptors (Lipinski definition) is 4. The monoisotopic (exact) mass is 386 g/mol. The van der Waals surface area contributed by atoms with Crippen LogP contribution in [-0.2, 0) is 14.8 Å². The SMILES string of the molecule is O=C(/C=C/c1ccco1)Nc1ccccc1NS(=O)(=O)c1ccc(F)cc1. The molecule has 0 aliphatic carbocycles. The summed E-state index contributed by atoms with van der Waals surface area (Å²) in [6, 6.07) is 14.2. The smallest absolute Gasteiger partial charge is 0.261 e. The number of halogens is 1. The molecule has 2 N–H and O–H groups in total. The average molecular weight is 386 g/mol. The van der Waals surface area contributed by atoms with Gasteiger partial charge < -0.3 is 9.73 Å². The molecule has 0 bridgehead atoms. The summed E-state index contributed by atoms with van der Waals surface area (Å²) in [5, 5.41) is 2.60. The summed E-state index contributed by atoms with van der Waals surface area (Å²) in [6.45, 7) is 0. The Bertz CT molecular complexity index is 1060. The van der Waals surface area contributed by atoms with Crippen molar-refractivity contribution in [2.24, 2.45) is 0 Å². The summed E-state index contributed by atoms with van der Waals surface area (Å²) in [5.41, 5.74) is 0.457. The van der Waals surface area contributed by atoms with Gasteiger partial charge in [-0.1, -0.05) is 12.1 Å². The minimum absolute atomic E-state index is 0.0947. The van der Waals surface area contributed by atoms with Crippen molar-refractivity contribution in [1.82, 2.24) is 0 Å². The topological polar surface area (TPSA) is 88.4 Å². The first-order valence-corrected chi connectivity index (χ1v) is 9.32. The van der Waals surface area contributed by atoms with E-state index in [0.29, 0.717) is 5.76 Å². The quantitative estimate of drug-likeness (QED) is 0.630. The molecule has 8 heteroatoms. The van der Waals surface area contributed by atoms with E-state index in [0.717, 1.165) is 24.3 Å². The number of benzene rings is 2. The van der Waals surface area contributed by atoms with Gasteiger partial charge in [0.1, 0.15) is 11.6 Å². The summed E-state index contributed by atoms with van der Waals surface area (Å²) in [5.74, 6) is -0.486. The Kier molecular flexibility index (Phi) is 5.37. The molecule has 6 nitrogen and oxygen atoms in total. The van der Waals surface area contributed by atoms with Crippen molar-refractivity contribution in [3.8, 4) is 0 Å². The van der Waals surface area contributed by atoms with Crippen LogP contribution in [-0.4, -0.2) is 14.3 Å². The molecule has 0 spiro atoms. The van der Waals surface area contributed by atoms with E-state index in [1.54, 1.807) is 30.3 Å². The van der Waals surface area contributed by atoms with Gasteiger partial charge in [0.05, 0.1) is 22.5 Å². The van der Waals surface area contributed by atoms with Crippen LogP contribution in [0.1, 0.15) is 5.76 Å². The molecule has 27 heavy (non-hydrogen) atoms. The number of nitrogens with one attached hydrogen (secondary N) is 2. The number of amides is 1. The Morgan fingerprint density at radius 1 is 0.963 bits per heavy atom. The number of carbonyl (C=O) groups is 1. The Morgan fingerprint density at radius 2 is 1.67 bits per heavy atom. The van der Waals surface area contributed by atoms with E-state index < -0.39 is 21.7 Å². The van der Waals surface area contributed by atoms with Gasteiger partial charge in [-0.15, -0.1) is 0 Å². The Labute approximate surface area is 155 Å². The van der Waals surface area contributed by atoms with Gasteiger partial charge in [-0.3, -0.25) is 9.52 Å². The summed E-state index contributed by atoms with van der Waals surface area (Å²) in [6.07, 6.45) is 4.24. The number of carbonyl (C=O) groups excluding carboxylic acids is 1. The van der Waals surface area contributed by atoms with Crippen molar-refractivity contribution >= 4 is 33.4 Å². The number of furan rings is 1. The van der Waals surface area contributed by atoms with Crippen molar-refractivity contribution in [1.29, 1.82) is 0 Å². The highest BCUT2D eigenvalue weighted by Crippen LogP contribution is 2.24. The number of hydrogen-bond donors (Lipinski definition) is 2. The van der Waals surface area contributed by atoms with Crippen LogP contribution in [0.2, 0.25) is 0 Å². The zero-order chi connectivity index (χ0) is 19.3. The molecule has 1 heterocycles. The predicted octanol–water partition coefficient (Wildman–Crippen LogP) is 3.87. The molecule has 1 amide bonds. The van der Waals surface area contributed by atoms with E-state index in [2.05, 4.69) is 10.0 Å². The molecule has 0 saturated carbocycles. The second-order valence-corrected chi connectivity index (χ2v) is 7.13. The maximum absolute atomic E-state index is 13.0. The molecule has 138 valence electrons. The lowest BCUT2D eigenvalue weighted by Crippen LogP contribution is -2.16. The number of sulfonamides is 1. The molecular weight excluding hydrogens is 371 g/mol. The molecule has 0 saturated heterocycles. The molecule has 0 fully saturated rings. The standard InChI is InChI=1S/C19H15FN2O4S/c20-14-7-10-16(11-8-14)27(24,25)22-18-6-2-1-5-17(18)21-19(23)12-9-15-4-3-13-26-15/h1-13,22H,(H,21,23)/b12-9+.